The van der Waals surface area contributed by atoms with Crippen LogP contribution in [0.2, 0.25) is 5.02 Å². The van der Waals surface area contributed by atoms with E-state index in [0.717, 1.165) is 22.6 Å². The lowest BCUT2D eigenvalue weighted by molar-refractivity contribution is -0.128. The van der Waals surface area contributed by atoms with E-state index in [1.807, 2.05) is 42.5 Å². The van der Waals surface area contributed by atoms with Crippen molar-refractivity contribution < 1.29 is 14.0 Å². The van der Waals surface area contributed by atoms with E-state index < -0.39 is 0 Å². The van der Waals surface area contributed by atoms with Crippen LogP contribution in [0.25, 0.3) is 11.3 Å². The van der Waals surface area contributed by atoms with Crippen LogP contribution in [0.4, 0.5) is 0 Å². The van der Waals surface area contributed by atoms with Crippen LogP contribution in [0.1, 0.15) is 17.7 Å². The van der Waals surface area contributed by atoms with E-state index in [4.69, 9.17) is 16.0 Å². The zero-order valence-electron chi connectivity index (χ0n) is 14.6. The van der Waals surface area contributed by atoms with Crippen molar-refractivity contribution in [2.75, 3.05) is 0 Å². The number of amides is 2. The van der Waals surface area contributed by atoms with Crippen molar-refractivity contribution in [3.05, 3.63) is 83.1 Å². The quantitative estimate of drug-likeness (QED) is 0.635. The van der Waals surface area contributed by atoms with Gasteiger partial charge in [-0.15, -0.1) is 0 Å². The third-order valence-electron chi connectivity index (χ3n) is 3.94. The van der Waals surface area contributed by atoms with Crippen LogP contribution in [0.5, 0.6) is 0 Å². The van der Waals surface area contributed by atoms with Crippen molar-refractivity contribution >= 4 is 23.4 Å². The molecule has 3 aromatic rings. The molecule has 0 unspecified atom stereocenters. The van der Waals surface area contributed by atoms with Gasteiger partial charge in [-0.3, -0.25) is 20.4 Å². The Morgan fingerprint density at radius 2 is 1.56 bits per heavy atom. The molecule has 0 bridgehead atoms. The molecule has 138 valence electrons. The Balaban J connectivity index is 1.41. The average molecular weight is 383 g/mol. The van der Waals surface area contributed by atoms with Crippen LogP contribution in [0.15, 0.2) is 71.1 Å². The zero-order chi connectivity index (χ0) is 19.1. The first-order valence-electron chi connectivity index (χ1n) is 8.56. The van der Waals surface area contributed by atoms with E-state index in [0.29, 0.717) is 11.4 Å². The second kappa shape index (κ2) is 9.05. The highest BCUT2D eigenvalue weighted by Gasteiger charge is 2.09. The lowest BCUT2D eigenvalue weighted by atomic mass is 10.1. The molecule has 2 N–H and O–H groups in total. The molecular weight excluding hydrogens is 364 g/mol. The van der Waals surface area contributed by atoms with Gasteiger partial charge in [0.05, 0.1) is 6.42 Å². The fourth-order valence-electron chi connectivity index (χ4n) is 2.54. The highest BCUT2D eigenvalue weighted by atomic mass is 35.5. The number of aryl methyl sites for hydroxylation is 1. The number of nitrogens with one attached hydrogen (secondary N) is 2. The minimum absolute atomic E-state index is 0.163. The van der Waals surface area contributed by atoms with E-state index in [1.54, 1.807) is 24.3 Å². The zero-order valence-corrected chi connectivity index (χ0v) is 15.3. The number of carbonyl (C=O) groups excluding carboxylic acids is 2. The Bertz CT molecular complexity index is 905. The smallest absolute Gasteiger partial charge is 0.242 e. The molecule has 1 aromatic heterocycles. The van der Waals surface area contributed by atoms with Gasteiger partial charge >= 0.3 is 0 Å². The van der Waals surface area contributed by atoms with Gasteiger partial charge in [-0.25, -0.2) is 0 Å². The number of carbonyl (C=O) groups is 2. The minimum atomic E-state index is -0.296. The van der Waals surface area contributed by atoms with Crippen LogP contribution in [-0.2, 0) is 22.4 Å². The predicted molar refractivity (Wildman–Crippen MR) is 104 cm³/mol. The first kappa shape index (κ1) is 18.7. The van der Waals surface area contributed by atoms with Crippen molar-refractivity contribution in [1.82, 2.24) is 10.9 Å². The monoisotopic (exact) mass is 382 g/mol. The molecule has 5 nitrogen and oxygen atoms in total. The van der Waals surface area contributed by atoms with Gasteiger partial charge in [0.1, 0.15) is 11.5 Å². The molecule has 0 fully saturated rings. The van der Waals surface area contributed by atoms with Crippen molar-refractivity contribution in [3.8, 4) is 11.3 Å². The predicted octanol–water partition coefficient (Wildman–Crippen LogP) is 3.92. The third-order valence-corrected chi connectivity index (χ3v) is 4.19. The van der Waals surface area contributed by atoms with Crippen molar-refractivity contribution in [2.45, 2.75) is 19.3 Å². The van der Waals surface area contributed by atoms with Gasteiger partial charge in [0.2, 0.25) is 11.8 Å². The molecule has 0 aliphatic heterocycles. The van der Waals surface area contributed by atoms with E-state index in [9.17, 15) is 9.59 Å². The van der Waals surface area contributed by atoms with Gasteiger partial charge in [-0.2, -0.15) is 0 Å². The van der Waals surface area contributed by atoms with Crippen LogP contribution in [0, 0.1) is 0 Å². The summed E-state index contributed by atoms with van der Waals surface area (Å²) >= 11 is 5.81. The number of furan rings is 1. The normalized spacial score (nSPS) is 10.4. The molecule has 1 heterocycles. The van der Waals surface area contributed by atoms with Crippen molar-refractivity contribution in [2.24, 2.45) is 0 Å². The highest BCUT2D eigenvalue weighted by molar-refractivity contribution is 6.30. The van der Waals surface area contributed by atoms with Gasteiger partial charge in [0.15, 0.2) is 0 Å². The van der Waals surface area contributed by atoms with Crippen molar-refractivity contribution in [1.29, 1.82) is 0 Å². The fraction of sp³-hybridized carbons (Fsp3) is 0.143. The summed E-state index contributed by atoms with van der Waals surface area (Å²) in [6.07, 6.45) is 0.824. The summed E-state index contributed by atoms with van der Waals surface area (Å²) in [6.45, 7) is 0. The van der Waals surface area contributed by atoms with E-state index >= 15 is 0 Å². The van der Waals surface area contributed by atoms with Gasteiger partial charge in [-0.1, -0.05) is 54.1 Å². The molecule has 0 aliphatic carbocycles. The van der Waals surface area contributed by atoms with Gasteiger partial charge in [0.25, 0.3) is 0 Å². The second-order valence-electron chi connectivity index (χ2n) is 6.03. The molecule has 2 amide bonds. The third kappa shape index (κ3) is 5.72. The molecule has 2 aromatic carbocycles. The molecule has 0 atom stereocenters. The van der Waals surface area contributed by atoms with E-state index in [2.05, 4.69) is 10.9 Å². The Hall–Kier alpha value is -3.05. The number of hydrogen-bond donors (Lipinski definition) is 2. The summed E-state index contributed by atoms with van der Waals surface area (Å²) in [4.78, 5) is 23.8. The lowest BCUT2D eigenvalue weighted by Gasteiger charge is -2.07. The van der Waals surface area contributed by atoms with Crippen molar-refractivity contribution in [3.63, 3.8) is 0 Å². The minimum Gasteiger partial charge on any atom is -0.461 e. The lowest BCUT2D eigenvalue weighted by Crippen LogP contribution is -2.42. The molecule has 0 saturated carbocycles. The first-order valence-corrected chi connectivity index (χ1v) is 8.94. The first-order chi connectivity index (χ1) is 13.1. The topological polar surface area (TPSA) is 71.3 Å². The maximum Gasteiger partial charge on any atom is 0.242 e. The maximum atomic E-state index is 11.9. The second-order valence-corrected chi connectivity index (χ2v) is 6.47. The van der Waals surface area contributed by atoms with Crippen LogP contribution in [-0.4, -0.2) is 11.8 Å². The number of hydrazine groups is 1. The SMILES string of the molecule is O=C(CCc1ccc(-c2ccccc2)o1)NNC(=O)Cc1ccc(Cl)cc1. The number of benzene rings is 2. The van der Waals surface area contributed by atoms with E-state index in [1.165, 1.54) is 0 Å². The molecule has 3 rings (SSSR count). The number of hydrogen-bond acceptors (Lipinski definition) is 3. The molecule has 0 radical (unpaired) electrons. The largest absolute Gasteiger partial charge is 0.461 e. The maximum absolute atomic E-state index is 11.9. The standard InChI is InChI=1S/C21H19ClN2O3/c22-17-8-6-15(7-9-17)14-21(26)24-23-20(25)13-11-18-10-12-19(27-18)16-4-2-1-3-5-16/h1-10,12H,11,13-14H2,(H,23,25)(H,24,26). The summed E-state index contributed by atoms with van der Waals surface area (Å²) in [5.74, 6) is 0.908. The Kier molecular flexibility index (Phi) is 6.28. The molecule has 0 spiro atoms. The molecular formula is C21H19ClN2O3. The Labute approximate surface area is 162 Å². The van der Waals surface area contributed by atoms with Gasteiger partial charge in [-0.05, 0) is 29.8 Å². The summed E-state index contributed by atoms with van der Waals surface area (Å²) in [5, 5.41) is 0.612. The molecule has 6 heteroatoms. The summed E-state index contributed by atoms with van der Waals surface area (Å²) in [5.41, 5.74) is 6.63. The Morgan fingerprint density at radius 1 is 0.852 bits per heavy atom. The van der Waals surface area contributed by atoms with Gasteiger partial charge in [0, 0.05) is 23.4 Å². The highest BCUT2D eigenvalue weighted by Crippen LogP contribution is 2.22. The average Bonchev–Trinajstić information content (AvgIpc) is 3.16. The van der Waals surface area contributed by atoms with Crippen LogP contribution in [0.3, 0.4) is 0 Å². The Morgan fingerprint density at radius 3 is 2.30 bits per heavy atom. The fourth-order valence-corrected chi connectivity index (χ4v) is 2.67. The summed E-state index contributed by atoms with van der Waals surface area (Å²) < 4.78 is 5.76. The van der Waals surface area contributed by atoms with Gasteiger partial charge < -0.3 is 4.42 Å². The molecule has 0 saturated heterocycles. The number of halogens is 1. The van der Waals surface area contributed by atoms with E-state index in [-0.39, 0.29) is 24.7 Å². The van der Waals surface area contributed by atoms with Crippen LogP contribution < -0.4 is 10.9 Å². The number of rotatable bonds is 6. The molecule has 27 heavy (non-hydrogen) atoms. The summed E-state index contributed by atoms with van der Waals surface area (Å²) in [6, 6.07) is 20.5. The van der Waals surface area contributed by atoms with Crippen LogP contribution >= 0.6 is 11.6 Å². The molecule has 0 aliphatic rings. The summed E-state index contributed by atoms with van der Waals surface area (Å²) in [7, 11) is 0.